The lowest BCUT2D eigenvalue weighted by atomic mass is 9.92. The van der Waals surface area contributed by atoms with Crippen LogP contribution in [-0.2, 0) is 32.0 Å². The average Bonchev–Trinajstić information content (AvgIpc) is 2.93. The lowest BCUT2D eigenvalue weighted by Gasteiger charge is -2.22. The van der Waals surface area contributed by atoms with Crippen molar-refractivity contribution in [3.8, 4) is 5.75 Å². The van der Waals surface area contributed by atoms with Crippen LogP contribution in [0, 0.1) is 0 Å². The first-order valence-corrected chi connectivity index (χ1v) is 11.5. The summed E-state index contributed by atoms with van der Waals surface area (Å²) in [5.41, 5.74) is 5.20. The van der Waals surface area contributed by atoms with Crippen LogP contribution in [0.3, 0.4) is 0 Å². The fourth-order valence-electron chi connectivity index (χ4n) is 3.95. The molecule has 2 aliphatic rings. The van der Waals surface area contributed by atoms with Gasteiger partial charge < -0.3 is 18.9 Å². The Bertz CT molecular complexity index is 962. The molecule has 4 rings (SSSR count). The summed E-state index contributed by atoms with van der Waals surface area (Å²) < 4.78 is 23.6. The van der Waals surface area contributed by atoms with Crippen molar-refractivity contribution in [3.63, 3.8) is 0 Å². The number of hydrogen-bond acceptors (Lipinski definition) is 5. The molecule has 1 saturated heterocycles. The van der Waals surface area contributed by atoms with Crippen LogP contribution in [0.15, 0.2) is 46.9 Å². The summed E-state index contributed by atoms with van der Waals surface area (Å²) in [4.78, 5) is 11.8. The quantitative estimate of drug-likeness (QED) is 0.402. The molecule has 5 nitrogen and oxygen atoms in total. The van der Waals surface area contributed by atoms with Gasteiger partial charge in [0.05, 0.1) is 20.1 Å². The second-order valence-corrected chi connectivity index (χ2v) is 8.66. The molecule has 31 heavy (non-hydrogen) atoms. The van der Waals surface area contributed by atoms with Crippen LogP contribution in [0.2, 0.25) is 0 Å². The van der Waals surface area contributed by atoms with Crippen LogP contribution in [0.25, 0.3) is 5.57 Å². The monoisotopic (exact) mass is 486 g/mol. The molecule has 1 fully saturated rings. The van der Waals surface area contributed by atoms with Crippen molar-refractivity contribution in [3.05, 3.63) is 69.2 Å². The van der Waals surface area contributed by atoms with Crippen LogP contribution in [0.1, 0.15) is 47.9 Å². The standard InChI is InChI=1S/C25H27BrO5/c1-28-24(27)14-17-7-10-23-22(13-17)20(5-4-12-30-25-6-2-3-11-29-25)21-15-19(26)9-8-18(21)16-31-23/h5,7-10,13,15,25H,2-4,6,11-12,14,16H2,1H3/b20-5-. The summed E-state index contributed by atoms with van der Waals surface area (Å²) in [6.07, 6.45) is 6.31. The van der Waals surface area contributed by atoms with E-state index in [4.69, 9.17) is 18.9 Å². The van der Waals surface area contributed by atoms with Gasteiger partial charge in [-0.25, -0.2) is 0 Å². The highest BCUT2D eigenvalue weighted by Crippen LogP contribution is 2.38. The molecule has 0 radical (unpaired) electrons. The largest absolute Gasteiger partial charge is 0.488 e. The molecule has 2 aromatic carbocycles. The van der Waals surface area contributed by atoms with Crippen molar-refractivity contribution in [2.24, 2.45) is 0 Å². The molecule has 0 bridgehead atoms. The number of fused-ring (bicyclic) bond motifs is 2. The smallest absolute Gasteiger partial charge is 0.309 e. The molecular weight excluding hydrogens is 460 g/mol. The zero-order valence-corrected chi connectivity index (χ0v) is 19.3. The molecule has 6 heteroatoms. The SMILES string of the molecule is COC(=O)Cc1ccc2c(c1)/C(=C\CCOC1CCCCO1)c1cc(Br)ccc1CO2. The summed E-state index contributed by atoms with van der Waals surface area (Å²) in [6, 6.07) is 12.1. The summed E-state index contributed by atoms with van der Waals surface area (Å²) >= 11 is 3.60. The number of benzene rings is 2. The van der Waals surface area contributed by atoms with Crippen molar-refractivity contribution < 1.29 is 23.7 Å². The van der Waals surface area contributed by atoms with E-state index in [1.807, 2.05) is 24.3 Å². The van der Waals surface area contributed by atoms with Gasteiger partial charge >= 0.3 is 5.97 Å². The Balaban J connectivity index is 1.63. The van der Waals surface area contributed by atoms with Gasteiger partial charge in [-0.2, -0.15) is 0 Å². The topological polar surface area (TPSA) is 54.0 Å². The molecule has 1 atom stereocenters. The molecule has 2 heterocycles. The summed E-state index contributed by atoms with van der Waals surface area (Å²) in [6.45, 7) is 1.87. The summed E-state index contributed by atoms with van der Waals surface area (Å²) in [5.74, 6) is 0.549. The first-order chi connectivity index (χ1) is 15.1. The molecule has 2 aromatic rings. The Morgan fingerprint density at radius 3 is 2.90 bits per heavy atom. The zero-order valence-electron chi connectivity index (χ0n) is 17.7. The molecule has 0 spiro atoms. The number of methoxy groups -OCH3 is 1. The molecule has 0 aromatic heterocycles. The number of halogens is 1. The van der Waals surface area contributed by atoms with Gasteiger partial charge in [0, 0.05) is 16.6 Å². The Hall–Kier alpha value is -2.15. The van der Waals surface area contributed by atoms with Crippen molar-refractivity contribution >= 4 is 27.5 Å². The maximum Gasteiger partial charge on any atom is 0.309 e. The van der Waals surface area contributed by atoms with E-state index in [-0.39, 0.29) is 18.7 Å². The molecule has 2 aliphatic heterocycles. The highest BCUT2D eigenvalue weighted by Gasteiger charge is 2.21. The van der Waals surface area contributed by atoms with E-state index in [1.54, 1.807) is 0 Å². The van der Waals surface area contributed by atoms with E-state index in [2.05, 4.69) is 34.1 Å². The normalized spacial score (nSPS) is 19.2. The van der Waals surface area contributed by atoms with E-state index >= 15 is 0 Å². The fraction of sp³-hybridized carbons (Fsp3) is 0.400. The maximum absolute atomic E-state index is 11.8. The molecule has 0 N–H and O–H groups in total. The highest BCUT2D eigenvalue weighted by molar-refractivity contribution is 9.10. The van der Waals surface area contributed by atoms with Crippen molar-refractivity contribution in [2.75, 3.05) is 20.3 Å². The second kappa shape index (κ2) is 10.4. The number of rotatable bonds is 6. The first kappa shape index (κ1) is 22.1. The van der Waals surface area contributed by atoms with E-state index < -0.39 is 0 Å². The Morgan fingerprint density at radius 2 is 2.10 bits per heavy atom. The van der Waals surface area contributed by atoms with Gasteiger partial charge in [-0.05, 0) is 72.2 Å². The lowest BCUT2D eigenvalue weighted by Crippen LogP contribution is -2.22. The van der Waals surface area contributed by atoms with Crippen molar-refractivity contribution in [2.45, 2.75) is 45.0 Å². The maximum atomic E-state index is 11.8. The predicted molar refractivity (Wildman–Crippen MR) is 122 cm³/mol. The number of ether oxygens (including phenoxy) is 4. The van der Waals surface area contributed by atoms with Gasteiger partial charge in [0.1, 0.15) is 12.4 Å². The summed E-state index contributed by atoms with van der Waals surface area (Å²) in [7, 11) is 1.41. The molecule has 0 saturated carbocycles. The fourth-order valence-corrected chi connectivity index (χ4v) is 4.31. The summed E-state index contributed by atoms with van der Waals surface area (Å²) in [5, 5.41) is 0. The van der Waals surface area contributed by atoms with Gasteiger partial charge in [0.15, 0.2) is 6.29 Å². The van der Waals surface area contributed by atoms with Gasteiger partial charge in [0.2, 0.25) is 0 Å². The van der Waals surface area contributed by atoms with Crippen LogP contribution >= 0.6 is 15.9 Å². The van der Waals surface area contributed by atoms with E-state index in [9.17, 15) is 4.79 Å². The van der Waals surface area contributed by atoms with Crippen molar-refractivity contribution in [1.29, 1.82) is 0 Å². The molecule has 1 unspecified atom stereocenters. The van der Waals surface area contributed by atoms with Gasteiger partial charge in [-0.3, -0.25) is 4.79 Å². The Morgan fingerprint density at radius 1 is 1.19 bits per heavy atom. The van der Waals surface area contributed by atoms with E-state index in [0.29, 0.717) is 13.2 Å². The van der Waals surface area contributed by atoms with Crippen LogP contribution < -0.4 is 4.74 Å². The van der Waals surface area contributed by atoms with E-state index in [1.165, 1.54) is 7.11 Å². The Labute approximate surface area is 191 Å². The lowest BCUT2D eigenvalue weighted by molar-refractivity contribution is -0.161. The number of carbonyl (C=O) groups excluding carboxylic acids is 1. The van der Waals surface area contributed by atoms with Crippen LogP contribution in [0.5, 0.6) is 5.75 Å². The average molecular weight is 487 g/mol. The third-order valence-electron chi connectivity index (χ3n) is 5.56. The van der Waals surface area contributed by atoms with Crippen molar-refractivity contribution in [1.82, 2.24) is 0 Å². The minimum Gasteiger partial charge on any atom is -0.488 e. The first-order valence-electron chi connectivity index (χ1n) is 10.7. The van der Waals surface area contributed by atoms with Gasteiger partial charge in [-0.1, -0.05) is 34.1 Å². The number of hydrogen-bond donors (Lipinski definition) is 0. The second-order valence-electron chi connectivity index (χ2n) is 7.75. The third kappa shape index (κ3) is 5.56. The van der Waals surface area contributed by atoms with Gasteiger partial charge in [-0.15, -0.1) is 0 Å². The van der Waals surface area contributed by atoms with Crippen LogP contribution in [-0.4, -0.2) is 32.6 Å². The van der Waals surface area contributed by atoms with Gasteiger partial charge in [0.25, 0.3) is 0 Å². The minimum atomic E-state index is -0.260. The molecule has 0 aliphatic carbocycles. The third-order valence-corrected chi connectivity index (χ3v) is 6.06. The van der Waals surface area contributed by atoms with Crippen LogP contribution in [0.4, 0.5) is 0 Å². The molecular formula is C25H27BrO5. The van der Waals surface area contributed by atoms with E-state index in [0.717, 1.165) is 70.3 Å². The number of esters is 1. The molecule has 0 amide bonds. The molecule has 164 valence electrons. The predicted octanol–water partition coefficient (Wildman–Crippen LogP) is 5.42. The minimum absolute atomic E-state index is 0.0926. The Kier molecular flexibility index (Phi) is 7.43. The zero-order chi connectivity index (χ0) is 21.6. The highest BCUT2D eigenvalue weighted by atomic mass is 79.9. The number of carbonyl (C=O) groups is 1.